The Kier molecular flexibility index (Phi) is 5.37. The van der Waals surface area contributed by atoms with Crippen LogP contribution in [0.1, 0.15) is 38.7 Å². The van der Waals surface area contributed by atoms with Crippen LogP contribution in [0.2, 0.25) is 0 Å². The van der Waals surface area contributed by atoms with Gasteiger partial charge in [-0.1, -0.05) is 19.1 Å². The van der Waals surface area contributed by atoms with Crippen molar-refractivity contribution in [1.82, 2.24) is 4.90 Å². The molecule has 4 heteroatoms. The van der Waals surface area contributed by atoms with Crippen LogP contribution in [0, 0.1) is 5.41 Å². The molecule has 0 aliphatic carbocycles. The van der Waals surface area contributed by atoms with Gasteiger partial charge in [0.15, 0.2) is 0 Å². The van der Waals surface area contributed by atoms with E-state index in [-0.39, 0.29) is 11.3 Å². The lowest BCUT2D eigenvalue weighted by molar-refractivity contribution is -0.114. The SMILES string of the molecule is CCC1(CO)CCN(Cc2cccc(NC(C)=O)c2)CC1. The van der Waals surface area contributed by atoms with E-state index in [0.29, 0.717) is 6.61 Å². The van der Waals surface area contributed by atoms with Gasteiger partial charge in [0.2, 0.25) is 5.91 Å². The van der Waals surface area contributed by atoms with Crippen LogP contribution in [0.3, 0.4) is 0 Å². The van der Waals surface area contributed by atoms with Crippen molar-refractivity contribution in [2.45, 2.75) is 39.7 Å². The maximum absolute atomic E-state index is 11.1. The molecule has 0 atom stereocenters. The number of anilines is 1. The van der Waals surface area contributed by atoms with Crippen LogP contribution < -0.4 is 5.32 Å². The summed E-state index contributed by atoms with van der Waals surface area (Å²) in [4.78, 5) is 13.5. The predicted octanol–water partition coefficient (Wildman–Crippen LogP) is 2.63. The monoisotopic (exact) mass is 290 g/mol. The topological polar surface area (TPSA) is 52.6 Å². The molecule has 2 rings (SSSR count). The van der Waals surface area contributed by atoms with Crippen molar-refractivity contribution in [2.24, 2.45) is 5.41 Å². The van der Waals surface area contributed by atoms with Crippen LogP contribution in [-0.4, -0.2) is 35.6 Å². The van der Waals surface area contributed by atoms with Crippen molar-refractivity contribution in [3.8, 4) is 0 Å². The molecular formula is C17H26N2O2. The summed E-state index contributed by atoms with van der Waals surface area (Å²) < 4.78 is 0. The molecule has 1 aromatic rings. The molecule has 1 aromatic carbocycles. The number of benzene rings is 1. The second kappa shape index (κ2) is 7.05. The van der Waals surface area contributed by atoms with Crippen molar-refractivity contribution in [3.05, 3.63) is 29.8 Å². The molecular weight excluding hydrogens is 264 g/mol. The van der Waals surface area contributed by atoms with E-state index in [4.69, 9.17) is 0 Å². The second-order valence-corrected chi connectivity index (χ2v) is 6.17. The summed E-state index contributed by atoms with van der Waals surface area (Å²) in [5.74, 6) is -0.0409. The highest BCUT2D eigenvalue weighted by molar-refractivity contribution is 5.88. The zero-order valence-corrected chi connectivity index (χ0v) is 13.1. The number of aliphatic hydroxyl groups excluding tert-OH is 1. The summed E-state index contributed by atoms with van der Waals surface area (Å²) in [6, 6.07) is 8.03. The number of likely N-dealkylation sites (tertiary alicyclic amines) is 1. The van der Waals surface area contributed by atoms with Gasteiger partial charge in [-0.25, -0.2) is 0 Å². The number of aliphatic hydroxyl groups is 1. The molecule has 0 spiro atoms. The van der Waals surface area contributed by atoms with Gasteiger partial charge in [0.25, 0.3) is 0 Å². The van der Waals surface area contributed by atoms with E-state index in [1.165, 1.54) is 12.5 Å². The van der Waals surface area contributed by atoms with E-state index >= 15 is 0 Å². The minimum absolute atomic E-state index is 0.0409. The van der Waals surface area contributed by atoms with Crippen molar-refractivity contribution >= 4 is 11.6 Å². The van der Waals surface area contributed by atoms with Gasteiger partial charge in [-0.15, -0.1) is 0 Å². The highest BCUT2D eigenvalue weighted by Crippen LogP contribution is 2.34. The summed E-state index contributed by atoms with van der Waals surface area (Å²) >= 11 is 0. The van der Waals surface area contributed by atoms with Gasteiger partial charge >= 0.3 is 0 Å². The van der Waals surface area contributed by atoms with Crippen LogP contribution in [0.25, 0.3) is 0 Å². The first-order chi connectivity index (χ1) is 10.1. The average molecular weight is 290 g/mol. The number of carbonyl (C=O) groups is 1. The molecule has 116 valence electrons. The first-order valence-corrected chi connectivity index (χ1v) is 7.77. The van der Waals surface area contributed by atoms with Crippen molar-refractivity contribution in [3.63, 3.8) is 0 Å². The van der Waals surface area contributed by atoms with Crippen LogP contribution in [0.5, 0.6) is 0 Å². The highest BCUT2D eigenvalue weighted by atomic mass is 16.3. The molecule has 0 saturated carbocycles. The molecule has 0 radical (unpaired) electrons. The molecule has 1 amide bonds. The van der Waals surface area contributed by atoms with E-state index < -0.39 is 0 Å². The molecule has 0 bridgehead atoms. The number of nitrogens with one attached hydrogen (secondary N) is 1. The Morgan fingerprint density at radius 3 is 2.67 bits per heavy atom. The van der Waals surface area contributed by atoms with Crippen LogP contribution in [0.4, 0.5) is 5.69 Å². The normalized spacial score (nSPS) is 18.4. The van der Waals surface area contributed by atoms with E-state index in [2.05, 4.69) is 23.2 Å². The predicted molar refractivity (Wildman–Crippen MR) is 85.1 cm³/mol. The van der Waals surface area contributed by atoms with E-state index in [1.807, 2.05) is 18.2 Å². The van der Waals surface area contributed by atoms with Gasteiger partial charge in [-0.05, 0) is 55.5 Å². The molecule has 1 aliphatic heterocycles. The Morgan fingerprint density at radius 1 is 1.38 bits per heavy atom. The Labute approximate surface area is 127 Å². The Balaban J connectivity index is 1.93. The quantitative estimate of drug-likeness (QED) is 0.876. The molecule has 1 fully saturated rings. The second-order valence-electron chi connectivity index (χ2n) is 6.17. The van der Waals surface area contributed by atoms with E-state index in [1.54, 1.807) is 0 Å². The van der Waals surface area contributed by atoms with Crippen LogP contribution >= 0.6 is 0 Å². The lowest BCUT2D eigenvalue weighted by Gasteiger charge is -2.40. The summed E-state index contributed by atoms with van der Waals surface area (Å²) in [5.41, 5.74) is 2.21. The van der Waals surface area contributed by atoms with Gasteiger partial charge in [0, 0.05) is 25.8 Å². The minimum atomic E-state index is -0.0409. The standard InChI is InChI=1S/C17H26N2O2/c1-3-17(13-20)7-9-19(10-8-17)12-15-5-4-6-16(11-15)18-14(2)21/h4-6,11,20H,3,7-10,12-13H2,1-2H3,(H,18,21). The lowest BCUT2D eigenvalue weighted by Crippen LogP contribution is -2.41. The number of nitrogens with zero attached hydrogens (tertiary/aromatic N) is 1. The fraction of sp³-hybridized carbons (Fsp3) is 0.588. The molecule has 0 unspecified atom stereocenters. The number of rotatable bonds is 5. The summed E-state index contributed by atoms with van der Waals surface area (Å²) in [6.07, 6.45) is 3.17. The zero-order chi connectivity index (χ0) is 15.3. The largest absolute Gasteiger partial charge is 0.396 e. The fourth-order valence-electron chi connectivity index (χ4n) is 3.02. The smallest absolute Gasteiger partial charge is 0.221 e. The Morgan fingerprint density at radius 2 is 2.10 bits per heavy atom. The summed E-state index contributed by atoms with van der Waals surface area (Å²) in [7, 11) is 0. The first kappa shape index (κ1) is 16.0. The third kappa shape index (κ3) is 4.29. The zero-order valence-electron chi connectivity index (χ0n) is 13.1. The molecule has 0 aromatic heterocycles. The summed E-state index contributed by atoms with van der Waals surface area (Å²) in [6.45, 7) is 6.95. The molecule has 2 N–H and O–H groups in total. The number of piperidine rings is 1. The van der Waals surface area contributed by atoms with E-state index in [0.717, 1.165) is 44.6 Å². The van der Waals surface area contributed by atoms with E-state index in [9.17, 15) is 9.90 Å². The Bertz CT molecular complexity index is 473. The highest BCUT2D eigenvalue weighted by Gasteiger charge is 2.32. The van der Waals surface area contributed by atoms with Gasteiger partial charge in [0.1, 0.15) is 0 Å². The summed E-state index contributed by atoms with van der Waals surface area (Å²) in [5, 5.41) is 12.4. The van der Waals surface area contributed by atoms with Crippen LogP contribution in [0.15, 0.2) is 24.3 Å². The molecule has 1 aliphatic rings. The van der Waals surface area contributed by atoms with Gasteiger partial charge < -0.3 is 10.4 Å². The number of hydrogen-bond donors (Lipinski definition) is 2. The van der Waals surface area contributed by atoms with Crippen LogP contribution in [-0.2, 0) is 11.3 Å². The number of carbonyl (C=O) groups excluding carboxylic acids is 1. The molecule has 4 nitrogen and oxygen atoms in total. The van der Waals surface area contributed by atoms with Gasteiger partial charge in [-0.3, -0.25) is 9.69 Å². The first-order valence-electron chi connectivity index (χ1n) is 7.77. The van der Waals surface area contributed by atoms with Gasteiger partial charge in [-0.2, -0.15) is 0 Å². The van der Waals surface area contributed by atoms with Gasteiger partial charge in [0.05, 0.1) is 0 Å². The van der Waals surface area contributed by atoms with Crippen molar-refractivity contribution in [1.29, 1.82) is 0 Å². The minimum Gasteiger partial charge on any atom is -0.396 e. The third-order valence-electron chi connectivity index (χ3n) is 4.66. The molecule has 1 saturated heterocycles. The number of amides is 1. The molecule has 1 heterocycles. The fourth-order valence-corrected chi connectivity index (χ4v) is 3.02. The molecule has 21 heavy (non-hydrogen) atoms. The maximum atomic E-state index is 11.1. The third-order valence-corrected chi connectivity index (χ3v) is 4.66. The van der Waals surface area contributed by atoms with Crippen molar-refractivity contribution in [2.75, 3.05) is 25.0 Å². The Hall–Kier alpha value is -1.39. The van der Waals surface area contributed by atoms with Crippen molar-refractivity contribution < 1.29 is 9.90 Å². The number of hydrogen-bond acceptors (Lipinski definition) is 3. The maximum Gasteiger partial charge on any atom is 0.221 e. The average Bonchev–Trinajstić information content (AvgIpc) is 2.48. The lowest BCUT2D eigenvalue weighted by atomic mass is 9.77.